The molecule has 5 nitrogen and oxygen atoms in total. The highest BCUT2D eigenvalue weighted by Gasteiger charge is 2.28. The van der Waals surface area contributed by atoms with Gasteiger partial charge in [0.1, 0.15) is 0 Å². The summed E-state index contributed by atoms with van der Waals surface area (Å²) < 4.78 is 0. The van der Waals surface area contributed by atoms with E-state index in [9.17, 15) is 9.59 Å². The summed E-state index contributed by atoms with van der Waals surface area (Å²) in [4.78, 5) is 28.4. The first-order valence-electron chi connectivity index (χ1n) is 7.88. The molecule has 1 atom stereocenters. The van der Waals surface area contributed by atoms with Crippen molar-refractivity contribution >= 4 is 11.8 Å². The van der Waals surface area contributed by atoms with Crippen molar-refractivity contribution in [2.24, 2.45) is 11.8 Å². The van der Waals surface area contributed by atoms with Gasteiger partial charge in [-0.1, -0.05) is 13.8 Å². The summed E-state index contributed by atoms with van der Waals surface area (Å²) in [6.07, 6.45) is 2.98. The Balaban J connectivity index is 1.88. The molecule has 0 aromatic heterocycles. The van der Waals surface area contributed by atoms with Crippen molar-refractivity contribution in [2.75, 3.05) is 39.3 Å². The predicted molar refractivity (Wildman–Crippen MR) is 78.2 cm³/mol. The van der Waals surface area contributed by atoms with Gasteiger partial charge < -0.3 is 15.1 Å². The van der Waals surface area contributed by atoms with E-state index in [0.717, 1.165) is 45.4 Å². The molecule has 20 heavy (non-hydrogen) atoms. The summed E-state index contributed by atoms with van der Waals surface area (Å²) in [6.45, 7) is 8.65. The van der Waals surface area contributed by atoms with Crippen LogP contribution in [0.15, 0.2) is 0 Å². The van der Waals surface area contributed by atoms with Gasteiger partial charge in [0, 0.05) is 38.6 Å². The third kappa shape index (κ3) is 3.72. The maximum absolute atomic E-state index is 12.5. The first-order chi connectivity index (χ1) is 9.59. The van der Waals surface area contributed by atoms with Crippen molar-refractivity contribution < 1.29 is 9.59 Å². The van der Waals surface area contributed by atoms with Crippen LogP contribution in [0.25, 0.3) is 0 Å². The fourth-order valence-corrected chi connectivity index (χ4v) is 3.04. The normalized spacial score (nSPS) is 24.6. The fourth-order valence-electron chi connectivity index (χ4n) is 3.04. The van der Waals surface area contributed by atoms with Crippen LogP contribution in [0.2, 0.25) is 0 Å². The molecule has 0 spiro atoms. The van der Waals surface area contributed by atoms with Crippen molar-refractivity contribution in [3.63, 3.8) is 0 Å². The molecule has 2 rings (SSSR count). The number of piperidine rings is 1. The summed E-state index contributed by atoms with van der Waals surface area (Å²) in [5, 5.41) is 3.30. The minimum atomic E-state index is 0.0415. The second-order valence-electron chi connectivity index (χ2n) is 6.20. The van der Waals surface area contributed by atoms with E-state index in [1.807, 2.05) is 23.6 Å². The summed E-state index contributed by atoms with van der Waals surface area (Å²) in [5.41, 5.74) is 0. The molecule has 0 aliphatic carbocycles. The molecule has 2 fully saturated rings. The molecule has 0 saturated carbocycles. The Hall–Kier alpha value is -1.10. The number of nitrogens with one attached hydrogen (secondary N) is 1. The van der Waals surface area contributed by atoms with Crippen molar-refractivity contribution in [3.05, 3.63) is 0 Å². The lowest BCUT2D eigenvalue weighted by atomic mass is 9.98. The Kier molecular flexibility index (Phi) is 5.40. The number of hydrogen-bond donors (Lipinski definition) is 1. The summed E-state index contributed by atoms with van der Waals surface area (Å²) in [6, 6.07) is 0. The van der Waals surface area contributed by atoms with Gasteiger partial charge in [-0.2, -0.15) is 0 Å². The number of carbonyl (C=O) groups excluding carboxylic acids is 2. The van der Waals surface area contributed by atoms with Gasteiger partial charge in [0.05, 0.1) is 5.92 Å². The first kappa shape index (κ1) is 15.3. The molecule has 0 aromatic carbocycles. The van der Waals surface area contributed by atoms with Gasteiger partial charge in [0.15, 0.2) is 0 Å². The fraction of sp³-hybridized carbons (Fsp3) is 0.867. The van der Waals surface area contributed by atoms with Gasteiger partial charge in [-0.25, -0.2) is 0 Å². The van der Waals surface area contributed by atoms with E-state index in [4.69, 9.17) is 0 Å². The Bertz CT molecular complexity index is 351. The van der Waals surface area contributed by atoms with E-state index >= 15 is 0 Å². The topological polar surface area (TPSA) is 52.7 Å². The third-order valence-corrected chi connectivity index (χ3v) is 4.26. The minimum absolute atomic E-state index is 0.0415. The molecular formula is C15H27N3O2. The lowest BCUT2D eigenvalue weighted by Crippen LogP contribution is -2.44. The third-order valence-electron chi connectivity index (χ3n) is 4.26. The highest BCUT2D eigenvalue weighted by atomic mass is 16.2. The van der Waals surface area contributed by atoms with E-state index in [1.165, 1.54) is 0 Å². The Labute approximate surface area is 121 Å². The Morgan fingerprint density at radius 1 is 1.05 bits per heavy atom. The van der Waals surface area contributed by atoms with E-state index in [0.29, 0.717) is 13.1 Å². The van der Waals surface area contributed by atoms with Crippen LogP contribution in [0.5, 0.6) is 0 Å². The molecule has 2 amide bonds. The molecule has 1 unspecified atom stereocenters. The van der Waals surface area contributed by atoms with E-state index in [1.54, 1.807) is 0 Å². The second kappa shape index (κ2) is 7.07. The average molecular weight is 281 g/mol. The van der Waals surface area contributed by atoms with Crippen LogP contribution in [-0.4, -0.2) is 60.9 Å². The van der Waals surface area contributed by atoms with Gasteiger partial charge in [-0.3, -0.25) is 9.59 Å². The Morgan fingerprint density at radius 2 is 1.75 bits per heavy atom. The summed E-state index contributed by atoms with van der Waals surface area (Å²) in [7, 11) is 0. The lowest BCUT2D eigenvalue weighted by molar-refractivity contribution is -0.137. The first-order valence-corrected chi connectivity index (χ1v) is 7.88. The van der Waals surface area contributed by atoms with Crippen molar-refractivity contribution in [1.29, 1.82) is 0 Å². The maximum atomic E-state index is 12.5. The van der Waals surface area contributed by atoms with Crippen molar-refractivity contribution in [1.82, 2.24) is 15.1 Å². The average Bonchev–Trinajstić information content (AvgIpc) is 2.72. The number of amides is 2. The smallest absolute Gasteiger partial charge is 0.227 e. The molecule has 0 radical (unpaired) electrons. The largest absolute Gasteiger partial charge is 0.341 e. The van der Waals surface area contributed by atoms with Gasteiger partial charge >= 0.3 is 0 Å². The molecule has 2 aliphatic rings. The molecule has 1 N–H and O–H groups in total. The van der Waals surface area contributed by atoms with Crippen LogP contribution in [0.4, 0.5) is 0 Å². The SMILES string of the molecule is CC(C)C(=O)N1CCCN(C(=O)C2CCCNC2)CC1. The predicted octanol–water partition coefficient (Wildman–Crippen LogP) is 0.703. The molecule has 114 valence electrons. The molecule has 0 bridgehead atoms. The van der Waals surface area contributed by atoms with E-state index < -0.39 is 0 Å². The van der Waals surface area contributed by atoms with Crippen LogP contribution in [0, 0.1) is 11.8 Å². The molecule has 2 aliphatic heterocycles. The Morgan fingerprint density at radius 3 is 2.40 bits per heavy atom. The van der Waals surface area contributed by atoms with Gasteiger partial charge in [-0.05, 0) is 25.8 Å². The van der Waals surface area contributed by atoms with Crippen LogP contribution < -0.4 is 5.32 Å². The molecule has 2 saturated heterocycles. The molecule has 0 aromatic rings. The molecule has 5 heteroatoms. The van der Waals surface area contributed by atoms with E-state index in [-0.39, 0.29) is 23.7 Å². The number of hydrogen-bond acceptors (Lipinski definition) is 3. The van der Waals surface area contributed by atoms with Crippen molar-refractivity contribution in [3.8, 4) is 0 Å². The second-order valence-corrected chi connectivity index (χ2v) is 6.20. The molecule has 2 heterocycles. The number of carbonyl (C=O) groups is 2. The van der Waals surface area contributed by atoms with Crippen molar-refractivity contribution in [2.45, 2.75) is 33.1 Å². The monoisotopic (exact) mass is 281 g/mol. The number of nitrogens with zero attached hydrogens (tertiary/aromatic N) is 2. The minimum Gasteiger partial charge on any atom is -0.341 e. The lowest BCUT2D eigenvalue weighted by Gasteiger charge is -2.29. The van der Waals surface area contributed by atoms with Gasteiger partial charge in [-0.15, -0.1) is 0 Å². The summed E-state index contributed by atoms with van der Waals surface area (Å²) in [5.74, 6) is 0.658. The van der Waals surface area contributed by atoms with Crippen LogP contribution in [0.3, 0.4) is 0 Å². The maximum Gasteiger partial charge on any atom is 0.227 e. The summed E-state index contributed by atoms with van der Waals surface area (Å²) >= 11 is 0. The van der Waals surface area contributed by atoms with Crippen LogP contribution in [0.1, 0.15) is 33.1 Å². The molecular weight excluding hydrogens is 254 g/mol. The zero-order valence-electron chi connectivity index (χ0n) is 12.7. The number of rotatable bonds is 2. The highest BCUT2D eigenvalue weighted by molar-refractivity contribution is 5.80. The highest BCUT2D eigenvalue weighted by Crippen LogP contribution is 2.15. The zero-order chi connectivity index (χ0) is 14.5. The zero-order valence-corrected chi connectivity index (χ0v) is 12.7. The van der Waals surface area contributed by atoms with Crippen LogP contribution >= 0.6 is 0 Å². The van der Waals surface area contributed by atoms with Gasteiger partial charge in [0.25, 0.3) is 0 Å². The van der Waals surface area contributed by atoms with E-state index in [2.05, 4.69) is 5.32 Å². The van der Waals surface area contributed by atoms with Gasteiger partial charge in [0.2, 0.25) is 11.8 Å². The van der Waals surface area contributed by atoms with Crippen LogP contribution in [-0.2, 0) is 9.59 Å². The standard InChI is InChI=1S/C15H27N3O2/c1-12(2)14(19)17-7-4-8-18(10-9-17)15(20)13-5-3-6-16-11-13/h12-13,16H,3-11H2,1-2H3. The quantitative estimate of drug-likeness (QED) is 0.811.